The van der Waals surface area contributed by atoms with Crippen molar-refractivity contribution in [1.29, 1.82) is 0 Å². The molecule has 1 aliphatic rings. The molecule has 1 aromatic heterocycles. The van der Waals surface area contributed by atoms with Crippen molar-refractivity contribution in [1.82, 2.24) is 15.3 Å². The van der Waals surface area contributed by atoms with Gasteiger partial charge in [-0.1, -0.05) is 0 Å². The summed E-state index contributed by atoms with van der Waals surface area (Å²) in [5, 5.41) is 10.2. The summed E-state index contributed by atoms with van der Waals surface area (Å²) in [6.07, 6.45) is -1.62. The van der Waals surface area contributed by atoms with Crippen LogP contribution in [0.4, 0.5) is 29.6 Å². The number of amides is 1. The standard InChI is InChI=1S/C20H24F3N5O4S/c1-12(9-20(21,22)23)27-19(29)32-16-5-2-13(8-16)14-10-25-18(26-11-14)28-15-3-6-17(7-4-15)33(24,30)31/h3-4,6-7,10-13,16H,2,5,8-9H2,1H3,(H,27,29)(H2,24,30,31)(H,25,26,28)/t12-,13+,16+/m0/s1. The molecule has 0 radical (unpaired) electrons. The first-order valence-electron chi connectivity index (χ1n) is 10.1. The summed E-state index contributed by atoms with van der Waals surface area (Å²) in [5.74, 6) is 0.365. The molecule has 1 aromatic carbocycles. The summed E-state index contributed by atoms with van der Waals surface area (Å²) in [7, 11) is -3.77. The first-order valence-corrected chi connectivity index (χ1v) is 11.7. The average Bonchev–Trinajstić information content (AvgIpc) is 3.15. The molecule has 1 aliphatic carbocycles. The van der Waals surface area contributed by atoms with E-state index in [1.807, 2.05) is 0 Å². The number of benzene rings is 1. The summed E-state index contributed by atoms with van der Waals surface area (Å²) < 4.78 is 65.0. The fraction of sp³-hybridized carbons (Fsp3) is 0.450. The van der Waals surface area contributed by atoms with E-state index in [9.17, 15) is 26.4 Å². The summed E-state index contributed by atoms with van der Waals surface area (Å²) >= 11 is 0. The lowest BCUT2D eigenvalue weighted by molar-refractivity contribution is -0.138. The summed E-state index contributed by atoms with van der Waals surface area (Å²) in [6.45, 7) is 1.27. The molecule has 0 bridgehead atoms. The number of nitrogens with one attached hydrogen (secondary N) is 2. The number of anilines is 2. The second-order valence-electron chi connectivity index (χ2n) is 7.94. The molecular formula is C20H24F3N5O4S. The number of nitrogens with zero attached hydrogens (tertiary/aromatic N) is 2. The molecule has 0 spiro atoms. The van der Waals surface area contributed by atoms with E-state index in [2.05, 4.69) is 20.6 Å². The smallest absolute Gasteiger partial charge is 0.407 e. The third kappa shape index (κ3) is 7.56. The Labute approximate surface area is 189 Å². The van der Waals surface area contributed by atoms with Gasteiger partial charge in [-0.25, -0.2) is 28.3 Å². The normalized spacial score (nSPS) is 19.7. The highest BCUT2D eigenvalue weighted by molar-refractivity contribution is 7.89. The van der Waals surface area contributed by atoms with Gasteiger partial charge < -0.3 is 15.4 Å². The van der Waals surface area contributed by atoms with Crippen molar-refractivity contribution in [3.8, 4) is 0 Å². The van der Waals surface area contributed by atoms with Crippen LogP contribution in [-0.2, 0) is 14.8 Å². The molecule has 1 saturated carbocycles. The SMILES string of the molecule is C[C@@H](CC(F)(F)F)NC(=O)O[C@@H]1CC[C@@H](c2cnc(Nc3ccc(S(N)(=O)=O)cc3)nc2)C1. The van der Waals surface area contributed by atoms with E-state index in [-0.39, 0.29) is 10.8 Å². The maximum Gasteiger partial charge on any atom is 0.407 e. The van der Waals surface area contributed by atoms with Crippen LogP contribution in [0.15, 0.2) is 41.6 Å². The number of primary sulfonamides is 1. The zero-order valence-electron chi connectivity index (χ0n) is 17.7. The Bertz CT molecular complexity index is 1060. The number of rotatable bonds is 7. The highest BCUT2D eigenvalue weighted by Crippen LogP contribution is 2.35. The Morgan fingerprint density at radius 3 is 2.42 bits per heavy atom. The number of halogens is 3. The number of carbonyl (C=O) groups is 1. The van der Waals surface area contributed by atoms with Gasteiger partial charge in [0, 0.05) is 24.1 Å². The molecule has 0 saturated heterocycles. The van der Waals surface area contributed by atoms with E-state index in [1.165, 1.54) is 31.2 Å². The van der Waals surface area contributed by atoms with E-state index < -0.39 is 40.9 Å². The highest BCUT2D eigenvalue weighted by atomic mass is 32.2. The lowest BCUT2D eigenvalue weighted by atomic mass is 10.0. The van der Waals surface area contributed by atoms with E-state index in [0.717, 1.165) is 12.0 Å². The molecule has 13 heteroatoms. The quantitative estimate of drug-likeness (QED) is 0.543. The van der Waals surface area contributed by atoms with Crippen molar-refractivity contribution < 1.29 is 31.1 Å². The summed E-state index contributed by atoms with van der Waals surface area (Å²) in [4.78, 5) is 20.4. The first kappa shape index (κ1) is 24.7. The Morgan fingerprint density at radius 1 is 1.21 bits per heavy atom. The number of alkyl carbamates (subject to hydrolysis) is 1. The molecule has 180 valence electrons. The van der Waals surface area contributed by atoms with E-state index >= 15 is 0 Å². The van der Waals surface area contributed by atoms with E-state index in [1.54, 1.807) is 12.4 Å². The van der Waals surface area contributed by atoms with Crippen molar-refractivity contribution in [2.75, 3.05) is 5.32 Å². The maximum atomic E-state index is 12.4. The minimum absolute atomic E-state index is 0.00851. The molecule has 33 heavy (non-hydrogen) atoms. The Kier molecular flexibility index (Phi) is 7.42. The van der Waals surface area contributed by atoms with Crippen molar-refractivity contribution in [2.45, 2.75) is 61.7 Å². The van der Waals surface area contributed by atoms with Crippen molar-refractivity contribution in [2.24, 2.45) is 5.14 Å². The molecule has 3 rings (SSSR count). The van der Waals surface area contributed by atoms with Gasteiger partial charge >= 0.3 is 12.3 Å². The van der Waals surface area contributed by atoms with Crippen LogP contribution in [0.3, 0.4) is 0 Å². The van der Waals surface area contributed by atoms with E-state index in [0.29, 0.717) is 24.5 Å². The number of carbonyl (C=O) groups excluding carboxylic acids is 1. The lowest BCUT2D eigenvalue weighted by Gasteiger charge is -2.18. The second-order valence-corrected chi connectivity index (χ2v) is 9.50. The van der Waals surface area contributed by atoms with Crippen molar-refractivity contribution in [3.05, 3.63) is 42.2 Å². The number of sulfonamides is 1. The van der Waals surface area contributed by atoms with Crippen molar-refractivity contribution >= 4 is 27.8 Å². The number of ether oxygens (including phenoxy) is 1. The molecule has 0 unspecified atom stereocenters. The van der Waals surface area contributed by atoms with Crippen LogP contribution in [0.2, 0.25) is 0 Å². The van der Waals surface area contributed by atoms with Crippen molar-refractivity contribution in [3.63, 3.8) is 0 Å². The second kappa shape index (κ2) is 9.91. The van der Waals surface area contributed by atoms with Gasteiger partial charge in [0.2, 0.25) is 16.0 Å². The molecule has 1 fully saturated rings. The first-order chi connectivity index (χ1) is 15.4. The number of alkyl halides is 3. The number of hydrogen-bond acceptors (Lipinski definition) is 7. The number of nitrogens with two attached hydrogens (primary N) is 1. The minimum Gasteiger partial charge on any atom is -0.446 e. The monoisotopic (exact) mass is 487 g/mol. The number of aromatic nitrogens is 2. The van der Waals surface area contributed by atoms with Gasteiger partial charge in [-0.2, -0.15) is 13.2 Å². The largest absolute Gasteiger partial charge is 0.446 e. The average molecular weight is 488 g/mol. The topological polar surface area (TPSA) is 136 Å². The van der Waals surface area contributed by atoms with Gasteiger partial charge in [-0.05, 0) is 61.9 Å². The third-order valence-electron chi connectivity index (χ3n) is 5.14. The van der Waals surface area contributed by atoms with Crippen LogP contribution in [0.1, 0.15) is 44.1 Å². The van der Waals surface area contributed by atoms with Crippen LogP contribution in [0.5, 0.6) is 0 Å². The molecule has 3 atom stereocenters. The van der Waals surface area contributed by atoms with Gasteiger partial charge in [0.1, 0.15) is 6.10 Å². The van der Waals surface area contributed by atoms with Gasteiger partial charge in [0.05, 0.1) is 11.3 Å². The van der Waals surface area contributed by atoms with E-state index in [4.69, 9.17) is 9.88 Å². The molecule has 2 aromatic rings. The van der Waals surface area contributed by atoms with Gasteiger partial charge in [0.25, 0.3) is 0 Å². The summed E-state index contributed by atoms with van der Waals surface area (Å²) in [6, 6.07) is 4.74. The fourth-order valence-corrected chi connectivity index (χ4v) is 4.12. The third-order valence-corrected chi connectivity index (χ3v) is 6.07. The Hall–Kier alpha value is -2.93. The van der Waals surface area contributed by atoms with Gasteiger partial charge in [-0.3, -0.25) is 0 Å². The summed E-state index contributed by atoms with van der Waals surface area (Å²) in [5.41, 5.74) is 1.43. The minimum atomic E-state index is -4.36. The molecular weight excluding hydrogens is 463 g/mol. The predicted molar refractivity (Wildman–Crippen MR) is 113 cm³/mol. The zero-order valence-corrected chi connectivity index (χ0v) is 18.5. The zero-order chi connectivity index (χ0) is 24.2. The maximum absolute atomic E-state index is 12.4. The molecule has 1 amide bonds. The molecule has 0 aliphatic heterocycles. The molecule has 9 nitrogen and oxygen atoms in total. The van der Waals surface area contributed by atoms with Crippen LogP contribution in [0, 0.1) is 0 Å². The van der Waals surface area contributed by atoms with Gasteiger partial charge in [-0.15, -0.1) is 0 Å². The van der Waals surface area contributed by atoms with Crippen LogP contribution in [0.25, 0.3) is 0 Å². The highest BCUT2D eigenvalue weighted by Gasteiger charge is 2.32. The fourth-order valence-electron chi connectivity index (χ4n) is 3.61. The number of hydrogen-bond donors (Lipinski definition) is 3. The Morgan fingerprint density at radius 2 is 1.85 bits per heavy atom. The van der Waals surface area contributed by atoms with Crippen LogP contribution in [-0.4, -0.2) is 42.8 Å². The predicted octanol–water partition coefficient (Wildman–Crippen LogP) is 3.57. The lowest BCUT2D eigenvalue weighted by Crippen LogP contribution is -2.37. The molecule has 1 heterocycles. The molecule has 4 N–H and O–H groups in total. The van der Waals surface area contributed by atoms with Gasteiger partial charge in [0.15, 0.2) is 0 Å². The van der Waals surface area contributed by atoms with Crippen LogP contribution >= 0.6 is 0 Å². The Balaban J connectivity index is 1.50. The van der Waals surface area contributed by atoms with Crippen LogP contribution < -0.4 is 15.8 Å².